The van der Waals surface area contributed by atoms with Crippen LogP contribution in [0.5, 0.6) is 0 Å². The maximum atomic E-state index is 11.8. The Labute approximate surface area is 82.2 Å². The van der Waals surface area contributed by atoms with E-state index in [0.717, 1.165) is 34.7 Å². The van der Waals surface area contributed by atoms with Crippen molar-refractivity contribution < 1.29 is 8.42 Å². The maximum absolute atomic E-state index is 11.8. The largest absolute Gasteiger partial charge is 0.307 e. The summed E-state index contributed by atoms with van der Waals surface area (Å²) < 4.78 is 24.7. The van der Waals surface area contributed by atoms with E-state index in [1.165, 1.54) is 0 Å². The van der Waals surface area contributed by atoms with Gasteiger partial charge in [-0.2, -0.15) is 9.19 Å². The van der Waals surface area contributed by atoms with Crippen LogP contribution >= 0.6 is 0 Å². The van der Waals surface area contributed by atoms with E-state index in [2.05, 4.69) is 10.4 Å². The van der Waals surface area contributed by atoms with Gasteiger partial charge in [-0.05, 0) is 12.8 Å². The van der Waals surface area contributed by atoms with Crippen molar-refractivity contribution in [2.45, 2.75) is 31.2 Å². The van der Waals surface area contributed by atoms with Crippen molar-refractivity contribution in [3.63, 3.8) is 0 Å². The number of fused-ring (bicyclic) bond motifs is 1. The summed E-state index contributed by atoms with van der Waals surface area (Å²) in [5.41, 5.74) is 1.88. The van der Waals surface area contributed by atoms with Crippen molar-refractivity contribution in [2.75, 3.05) is 0 Å². The van der Waals surface area contributed by atoms with Crippen LogP contribution in [0.2, 0.25) is 0 Å². The van der Waals surface area contributed by atoms with E-state index in [1.54, 1.807) is 6.20 Å². The van der Waals surface area contributed by atoms with Crippen LogP contribution in [0.25, 0.3) is 0 Å². The third kappa shape index (κ3) is 1.10. The molecular weight excluding hydrogens is 202 g/mol. The molecule has 2 heterocycles. The average Bonchev–Trinajstić information content (AvgIpc) is 2.75. The van der Waals surface area contributed by atoms with Crippen molar-refractivity contribution in [3.8, 4) is 0 Å². The first-order chi connectivity index (χ1) is 6.68. The molecule has 0 saturated heterocycles. The molecule has 76 valence electrons. The third-order valence-electron chi connectivity index (χ3n) is 2.67. The van der Waals surface area contributed by atoms with E-state index < -0.39 is 10.0 Å². The zero-order valence-electron chi connectivity index (χ0n) is 7.60. The predicted octanol–water partition coefficient (Wildman–Crippen LogP) is -0.173. The molecule has 3 rings (SSSR count). The summed E-state index contributed by atoms with van der Waals surface area (Å²) in [7, 11) is -3.17. The number of aromatic nitrogens is 2. The van der Waals surface area contributed by atoms with E-state index in [9.17, 15) is 8.42 Å². The molecule has 1 aliphatic carbocycles. The molecule has 2 aliphatic rings. The maximum Gasteiger partial charge on any atom is 0.256 e. The van der Waals surface area contributed by atoms with Gasteiger partial charge in [0.25, 0.3) is 10.0 Å². The summed E-state index contributed by atoms with van der Waals surface area (Å²) in [6.07, 6.45) is 3.21. The lowest BCUT2D eigenvalue weighted by atomic mass is 10.3. The molecule has 1 saturated carbocycles. The molecule has 0 bridgehead atoms. The minimum atomic E-state index is -3.17. The van der Waals surface area contributed by atoms with Gasteiger partial charge in [0, 0.05) is 24.8 Å². The van der Waals surface area contributed by atoms with Crippen molar-refractivity contribution in [1.82, 2.24) is 14.5 Å². The highest BCUT2D eigenvalue weighted by molar-refractivity contribution is 7.90. The summed E-state index contributed by atoms with van der Waals surface area (Å²) in [4.78, 5) is 0. The Morgan fingerprint density at radius 3 is 2.86 bits per heavy atom. The molecule has 14 heavy (non-hydrogen) atoms. The Kier molecular flexibility index (Phi) is 1.55. The summed E-state index contributed by atoms with van der Waals surface area (Å²) in [5, 5.41) is 7.03. The van der Waals surface area contributed by atoms with Gasteiger partial charge in [-0.1, -0.05) is 0 Å². The molecular formula is C8H11N3O2S. The van der Waals surface area contributed by atoms with Crippen LogP contribution in [0, 0.1) is 0 Å². The van der Waals surface area contributed by atoms with Crippen LogP contribution in [0.15, 0.2) is 6.20 Å². The quantitative estimate of drug-likeness (QED) is 0.740. The van der Waals surface area contributed by atoms with Crippen LogP contribution in [-0.4, -0.2) is 22.9 Å². The molecule has 0 unspecified atom stereocenters. The van der Waals surface area contributed by atoms with Crippen molar-refractivity contribution in [1.29, 1.82) is 0 Å². The molecule has 1 fully saturated rings. The topological polar surface area (TPSA) is 64.0 Å². The average molecular weight is 213 g/mol. The molecule has 1 N–H and O–H groups in total. The summed E-state index contributed by atoms with van der Waals surface area (Å²) in [6.45, 7) is 1.41. The molecule has 1 aromatic rings. The Morgan fingerprint density at radius 1 is 1.43 bits per heavy atom. The zero-order chi connectivity index (χ0) is 9.76. The summed E-state index contributed by atoms with van der Waals surface area (Å²) >= 11 is 0. The number of nitrogens with zero attached hydrogens (tertiary/aromatic N) is 2. The molecule has 0 atom stereocenters. The second-order valence-electron chi connectivity index (χ2n) is 3.82. The van der Waals surface area contributed by atoms with Gasteiger partial charge in [-0.15, -0.1) is 0 Å². The highest BCUT2D eigenvalue weighted by Gasteiger charge is 2.38. The first kappa shape index (κ1) is 8.43. The minimum Gasteiger partial charge on any atom is -0.307 e. The van der Waals surface area contributed by atoms with Crippen LogP contribution in [-0.2, 0) is 23.1 Å². The molecule has 1 aromatic heterocycles. The standard InChI is InChI=1S/C8H11N3O2S/c12-14(13,7-1-2-7)11-5-6-3-9-4-8(6)10-11/h5,7,9H,1-4H2. The SMILES string of the molecule is O=S(=O)(C1CC1)n1cc2c(n1)CNC2. The van der Waals surface area contributed by atoms with Crippen LogP contribution in [0.4, 0.5) is 0 Å². The van der Waals surface area contributed by atoms with Gasteiger partial charge in [-0.25, -0.2) is 8.42 Å². The first-order valence-corrected chi connectivity index (χ1v) is 6.21. The molecule has 5 nitrogen and oxygen atoms in total. The monoisotopic (exact) mass is 213 g/mol. The van der Waals surface area contributed by atoms with Crippen molar-refractivity contribution >= 4 is 10.0 Å². The fourth-order valence-corrected chi connectivity index (χ4v) is 3.20. The number of rotatable bonds is 2. The normalized spacial score (nSPS) is 21.1. The fraction of sp³-hybridized carbons (Fsp3) is 0.625. The van der Waals surface area contributed by atoms with Gasteiger partial charge < -0.3 is 5.32 Å². The van der Waals surface area contributed by atoms with E-state index >= 15 is 0 Å². The van der Waals surface area contributed by atoms with Crippen molar-refractivity contribution in [2.24, 2.45) is 0 Å². The minimum absolute atomic E-state index is 0.185. The van der Waals surface area contributed by atoms with Gasteiger partial charge in [0.15, 0.2) is 0 Å². The number of hydrogen-bond acceptors (Lipinski definition) is 4. The second kappa shape index (κ2) is 2.58. The lowest BCUT2D eigenvalue weighted by molar-refractivity contribution is 0.576. The lowest BCUT2D eigenvalue weighted by Gasteiger charge is -2.01. The van der Waals surface area contributed by atoms with Gasteiger partial charge in [0.2, 0.25) is 0 Å². The second-order valence-corrected chi connectivity index (χ2v) is 5.89. The van der Waals surface area contributed by atoms with Gasteiger partial charge in [0.1, 0.15) is 0 Å². The van der Waals surface area contributed by atoms with Gasteiger partial charge in [-0.3, -0.25) is 0 Å². The Morgan fingerprint density at radius 2 is 2.21 bits per heavy atom. The molecule has 0 radical (unpaired) electrons. The van der Waals surface area contributed by atoms with Crippen LogP contribution in [0.1, 0.15) is 24.1 Å². The van der Waals surface area contributed by atoms with E-state index in [1.807, 2.05) is 0 Å². The summed E-state index contributed by atoms with van der Waals surface area (Å²) in [5.74, 6) is 0. The van der Waals surface area contributed by atoms with Crippen molar-refractivity contribution in [3.05, 3.63) is 17.5 Å². The highest BCUT2D eigenvalue weighted by atomic mass is 32.2. The smallest absolute Gasteiger partial charge is 0.256 e. The van der Waals surface area contributed by atoms with Gasteiger partial charge >= 0.3 is 0 Å². The molecule has 6 heteroatoms. The van der Waals surface area contributed by atoms with E-state index in [4.69, 9.17) is 0 Å². The predicted molar refractivity (Wildman–Crippen MR) is 50.1 cm³/mol. The lowest BCUT2D eigenvalue weighted by Crippen LogP contribution is -2.19. The Hall–Kier alpha value is -0.880. The zero-order valence-corrected chi connectivity index (χ0v) is 8.42. The number of nitrogens with one attached hydrogen (secondary N) is 1. The van der Waals surface area contributed by atoms with Crippen LogP contribution in [0.3, 0.4) is 0 Å². The molecule has 1 aliphatic heterocycles. The van der Waals surface area contributed by atoms with Crippen LogP contribution < -0.4 is 5.32 Å². The highest BCUT2D eigenvalue weighted by Crippen LogP contribution is 2.30. The van der Waals surface area contributed by atoms with Gasteiger partial charge in [0.05, 0.1) is 10.9 Å². The Bertz CT molecular complexity index is 451. The Balaban J connectivity index is 2.04. The first-order valence-electron chi connectivity index (χ1n) is 4.70. The molecule has 0 aromatic carbocycles. The number of hydrogen-bond donors (Lipinski definition) is 1. The van der Waals surface area contributed by atoms with E-state index in [-0.39, 0.29) is 5.25 Å². The fourth-order valence-electron chi connectivity index (χ4n) is 1.68. The van der Waals surface area contributed by atoms with E-state index in [0.29, 0.717) is 6.54 Å². The molecule has 0 spiro atoms. The third-order valence-corrected chi connectivity index (χ3v) is 4.69. The summed E-state index contributed by atoms with van der Waals surface area (Å²) in [6, 6.07) is 0. The molecule has 0 amide bonds.